The summed E-state index contributed by atoms with van der Waals surface area (Å²) in [6, 6.07) is 1.73. The minimum Gasteiger partial charge on any atom is -0.391 e. The van der Waals surface area contributed by atoms with Gasteiger partial charge >= 0.3 is 0 Å². The van der Waals surface area contributed by atoms with Crippen LogP contribution in [0.25, 0.3) is 11.3 Å². The number of β-amino-alcohol motifs (C(OH)–C–C–N with tert-alkyl or cyclic N) is 1. The maximum atomic E-state index is 12.2. The first-order valence-corrected chi connectivity index (χ1v) is 7.70. The number of hydrogen-bond donors (Lipinski definition) is 4. The maximum absolute atomic E-state index is 12.2. The van der Waals surface area contributed by atoms with Gasteiger partial charge in [0.05, 0.1) is 17.5 Å². The SMILES string of the molecule is Cc1nn(C)c(C)c1-c1cc(C(=O)NCC2CNCC2O)[nH]n1.Cl. The van der Waals surface area contributed by atoms with Gasteiger partial charge in [0, 0.05) is 43.9 Å². The first-order valence-electron chi connectivity index (χ1n) is 7.70. The van der Waals surface area contributed by atoms with E-state index in [-0.39, 0.29) is 24.2 Å². The summed E-state index contributed by atoms with van der Waals surface area (Å²) < 4.78 is 1.80. The van der Waals surface area contributed by atoms with Crippen molar-refractivity contribution in [2.45, 2.75) is 20.0 Å². The molecule has 0 saturated carbocycles. The Bertz CT molecular complexity index is 726. The first kappa shape index (κ1) is 18.4. The van der Waals surface area contributed by atoms with Crippen molar-refractivity contribution in [1.29, 1.82) is 0 Å². The maximum Gasteiger partial charge on any atom is 0.269 e. The Labute approximate surface area is 146 Å². The molecule has 1 aliphatic heterocycles. The largest absolute Gasteiger partial charge is 0.391 e. The molecule has 24 heavy (non-hydrogen) atoms. The van der Waals surface area contributed by atoms with Gasteiger partial charge in [-0.25, -0.2) is 0 Å². The van der Waals surface area contributed by atoms with Gasteiger partial charge in [-0.1, -0.05) is 0 Å². The Hall–Kier alpha value is -1.90. The average Bonchev–Trinajstić information content (AvgIpc) is 3.19. The number of H-pyrrole nitrogens is 1. The summed E-state index contributed by atoms with van der Waals surface area (Å²) in [6.07, 6.45) is -0.409. The van der Waals surface area contributed by atoms with Gasteiger partial charge in [0.1, 0.15) is 5.69 Å². The van der Waals surface area contributed by atoms with E-state index in [1.54, 1.807) is 10.7 Å². The van der Waals surface area contributed by atoms with Crippen molar-refractivity contribution in [2.24, 2.45) is 13.0 Å². The first-order chi connectivity index (χ1) is 11.0. The molecule has 3 rings (SSSR count). The Morgan fingerprint density at radius 3 is 2.79 bits per heavy atom. The van der Waals surface area contributed by atoms with Gasteiger partial charge in [-0.2, -0.15) is 10.2 Å². The number of aryl methyl sites for hydroxylation is 2. The molecule has 1 aliphatic rings. The highest BCUT2D eigenvalue weighted by atomic mass is 35.5. The minimum atomic E-state index is -0.409. The molecule has 2 aromatic rings. The third kappa shape index (κ3) is 3.45. The molecule has 2 atom stereocenters. The van der Waals surface area contributed by atoms with E-state index in [0.717, 1.165) is 17.0 Å². The smallest absolute Gasteiger partial charge is 0.269 e. The van der Waals surface area contributed by atoms with Crippen LogP contribution in [0, 0.1) is 19.8 Å². The van der Waals surface area contributed by atoms with Gasteiger partial charge in [-0.15, -0.1) is 12.4 Å². The Balaban J connectivity index is 0.00000208. The van der Waals surface area contributed by atoms with E-state index in [9.17, 15) is 9.90 Å². The third-order valence-corrected chi connectivity index (χ3v) is 4.42. The summed E-state index contributed by atoms with van der Waals surface area (Å²) in [6.45, 7) is 5.62. The zero-order valence-electron chi connectivity index (χ0n) is 14.0. The molecule has 2 aromatic heterocycles. The van der Waals surface area contributed by atoms with Crippen LogP contribution in [0.3, 0.4) is 0 Å². The molecule has 132 valence electrons. The molecule has 1 fully saturated rings. The van der Waals surface area contributed by atoms with Crippen LogP contribution < -0.4 is 10.6 Å². The second kappa shape index (κ2) is 7.33. The fourth-order valence-electron chi connectivity index (χ4n) is 2.96. The van der Waals surface area contributed by atoms with Crippen LogP contribution in [0.1, 0.15) is 21.9 Å². The van der Waals surface area contributed by atoms with Crippen LogP contribution in [0.2, 0.25) is 0 Å². The second-order valence-electron chi connectivity index (χ2n) is 6.03. The summed E-state index contributed by atoms with van der Waals surface area (Å²) in [5, 5.41) is 27.1. The predicted octanol–water partition coefficient (Wildman–Crippen LogP) is 0.159. The van der Waals surface area contributed by atoms with Crippen molar-refractivity contribution < 1.29 is 9.90 Å². The van der Waals surface area contributed by atoms with Gasteiger partial charge in [-0.05, 0) is 19.9 Å². The van der Waals surface area contributed by atoms with Crippen molar-refractivity contribution in [3.8, 4) is 11.3 Å². The standard InChI is InChI=1S/C15H22N6O2.ClH/c1-8-14(9(2)21(3)20-8)11-4-12(19-18-11)15(23)17-6-10-5-16-7-13(10)22;/h4,10,13,16,22H,5-7H2,1-3H3,(H,17,23)(H,18,19);1H. The number of aliphatic hydroxyl groups is 1. The van der Waals surface area contributed by atoms with E-state index in [2.05, 4.69) is 25.9 Å². The number of carbonyl (C=O) groups excluding carboxylic acids is 1. The van der Waals surface area contributed by atoms with Crippen molar-refractivity contribution in [2.75, 3.05) is 19.6 Å². The average molecular weight is 355 g/mol. The molecule has 4 N–H and O–H groups in total. The number of aromatic nitrogens is 4. The molecular formula is C15H23ClN6O2. The molecule has 0 spiro atoms. The van der Waals surface area contributed by atoms with Crippen molar-refractivity contribution in [1.82, 2.24) is 30.6 Å². The molecule has 1 saturated heterocycles. The summed E-state index contributed by atoms with van der Waals surface area (Å²) in [5.41, 5.74) is 3.94. The molecular weight excluding hydrogens is 332 g/mol. The number of nitrogens with one attached hydrogen (secondary N) is 3. The van der Waals surface area contributed by atoms with Crippen LogP contribution in [0.5, 0.6) is 0 Å². The number of rotatable bonds is 4. The summed E-state index contributed by atoms with van der Waals surface area (Å²) in [4.78, 5) is 12.2. The highest BCUT2D eigenvalue weighted by Gasteiger charge is 2.25. The summed E-state index contributed by atoms with van der Waals surface area (Å²) in [7, 11) is 1.88. The van der Waals surface area contributed by atoms with Crippen molar-refractivity contribution >= 4 is 18.3 Å². The molecule has 0 aliphatic carbocycles. The Kier molecular flexibility index (Phi) is 5.63. The highest BCUT2D eigenvalue weighted by molar-refractivity contribution is 5.93. The van der Waals surface area contributed by atoms with Gasteiger partial charge in [-0.3, -0.25) is 14.6 Å². The number of aliphatic hydroxyl groups excluding tert-OH is 1. The van der Waals surface area contributed by atoms with E-state index in [0.29, 0.717) is 31.0 Å². The number of hydrogen-bond acceptors (Lipinski definition) is 5. The highest BCUT2D eigenvalue weighted by Crippen LogP contribution is 2.25. The number of halogens is 1. The van der Waals surface area contributed by atoms with Gasteiger partial charge < -0.3 is 15.7 Å². The molecule has 0 bridgehead atoms. The quantitative estimate of drug-likeness (QED) is 0.625. The van der Waals surface area contributed by atoms with Crippen LogP contribution >= 0.6 is 12.4 Å². The van der Waals surface area contributed by atoms with E-state index in [1.807, 2.05) is 20.9 Å². The fourth-order valence-corrected chi connectivity index (χ4v) is 2.96. The Morgan fingerprint density at radius 1 is 1.46 bits per heavy atom. The lowest BCUT2D eigenvalue weighted by Gasteiger charge is -2.13. The normalized spacial score (nSPS) is 20.0. The van der Waals surface area contributed by atoms with Gasteiger partial charge in [0.15, 0.2) is 0 Å². The van der Waals surface area contributed by atoms with E-state index in [4.69, 9.17) is 0 Å². The lowest BCUT2D eigenvalue weighted by molar-refractivity contribution is 0.0922. The number of amides is 1. The summed E-state index contributed by atoms with van der Waals surface area (Å²) >= 11 is 0. The van der Waals surface area contributed by atoms with Gasteiger partial charge in [0.2, 0.25) is 0 Å². The summed E-state index contributed by atoms with van der Waals surface area (Å²) in [5.74, 6) is -0.175. The topological polar surface area (TPSA) is 108 Å². The van der Waals surface area contributed by atoms with Crippen molar-refractivity contribution in [3.63, 3.8) is 0 Å². The molecule has 0 radical (unpaired) electrons. The Morgan fingerprint density at radius 2 is 2.21 bits per heavy atom. The number of nitrogens with zero attached hydrogens (tertiary/aromatic N) is 3. The number of carbonyl (C=O) groups is 1. The van der Waals surface area contributed by atoms with E-state index >= 15 is 0 Å². The molecule has 2 unspecified atom stereocenters. The van der Waals surface area contributed by atoms with Crippen molar-refractivity contribution in [3.05, 3.63) is 23.1 Å². The lowest BCUT2D eigenvalue weighted by Crippen LogP contribution is -2.34. The molecule has 9 heteroatoms. The zero-order valence-corrected chi connectivity index (χ0v) is 14.8. The molecule has 1 amide bonds. The zero-order chi connectivity index (χ0) is 16.6. The monoisotopic (exact) mass is 354 g/mol. The third-order valence-electron chi connectivity index (χ3n) is 4.42. The lowest BCUT2D eigenvalue weighted by atomic mass is 10.1. The molecule has 0 aromatic carbocycles. The van der Waals surface area contributed by atoms with Gasteiger partial charge in [0.25, 0.3) is 5.91 Å². The van der Waals surface area contributed by atoms with Crippen LogP contribution in [0.4, 0.5) is 0 Å². The fraction of sp³-hybridized carbons (Fsp3) is 0.533. The second-order valence-corrected chi connectivity index (χ2v) is 6.03. The number of aromatic amines is 1. The molecule has 8 nitrogen and oxygen atoms in total. The van der Waals surface area contributed by atoms with E-state index < -0.39 is 6.10 Å². The van der Waals surface area contributed by atoms with Crippen LogP contribution in [0.15, 0.2) is 6.07 Å². The van der Waals surface area contributed by atoms with E-state index in [1.165, 1.54) is 0 Å². The minimum absolute atomic E-state index is 0. The van der Waals surface area contributed by atoms with Crippen LogP contribution in [-0.4, -0.2) is 56.7 Å². The van der Waals surface area contributed by atoms with Crippen LogP contribution in [-0.2, 0) is 7.05 Å². The predicted molar refractivity (Wildman–Crippen MR) is 92.2 cm³/mol. The molecule has 3 heterocycles.